The second-order valence-electron chi connectivity index (χ2n) is 20.7. The summed E-state index contributed by atoms with van der Waals surface area (Å²) in [5.74, 6) is 0.603. The van der Waals surface area contributed by atoms with E-state index in [2.05, 4.69) is 96.8 Å². The number of thiocarbonyl (C=S) groups is 1. The van der Waals surface area contributed by atoms with E-state index in [1.165, 1.54) is 60.9 Å². The summed E-state index contributed by atoms with van der Waals surface area (Å²) in [6.45, 7) is 3.97. The van der Waals surface area contributed by atoms with Crippen LogP contribution in [0.3, 0.4) is 0 Å². The van der Waals surface area contributed by atoms with E-state index in [0.29, 0.717) is 109 Å². The molecule has 8 aromatic carbocycles. The molecule has 0 radical (unpaired) electrons. The van der Waals surface area contributed by atoms with Gasteiger partial charge in [-0.25, -0.2) is 4.21 Å². The van der Waals surface area contributed by atoms with Gasteiger partial charge in [0.2, 0.25) is 9.23 Å². The number of anilines is 3. The van der Waals surface area contributed by atoms with Gasteiger partial charge in [0.15, 0.2) is 22.3 Å². The Labute approximate surface area is 770 Å². The van der Waals surface area contributed by atoms with Crippen LogP contribution in [0.5, 0.6) is 40.2 Å². The van der Waals surface area contributed by atoms with Crippen LogP contribution in [-0.2, 0) is 46.2 Å². The van der Waals surface area contributed by atoms with Crippen molar-refractivity contribution < 1.29 is 175 Å². The van der Waals surface area contributed by atoms with Crippen LogP contribution in [0.15, 0.2) is 218 Å². The van der Waals surface area contributed by atoms with Crippen LogP contribution < -0.4 is 141 Å². The molecule has 0 atom stereocenters. The summed E-state index contributed by atoms with van der Waals surface area (Å²) in [4.78, 5) is 45.5. The number of amides is 2. The molecule has 0 aliphatic rings. The van der Waals surface area contributed by atoms with E-state index in [-0.39, 0.29) is 170 Å². The van der Waals surface area contributed by atoms with Crippen molar-refractivity contribution in [1.82, 2.24) is 35.2 Å². The molecule has 0 bridgehead atoms. The number of hydrogen-bond acceptors (Lipinski definition) is 27. The minimum atomic E-state index is -1.67. The third kappa shape index (κ3) is 35.4. The number of nitrogens with one attached hydrogen (secondary N) is 4. The Morgan fingerprint density at radius 1 is 0.586 bits per heavy atom. The molecule has 572 valence electrons. The van der Waals surface area contributed by atoms with Gasteiger partial charge in [0.05, 0.1) is 17.8 Å². The first-order valence-corrected chi connectivity index (χ1v) is 36.6. The number of nitrogens with two attached hydrogens (primary N) is 3. The number of H-pyrrole nitrogens is 1. The number of nitrogen functional groups attached to an aromatic ring is 1. The quantitative estimate of drug-likeness (QED) is 0.0103. The Balaban J connectivity index is 0.000000342. The van der Waals surface area contributed by atoms with E-state index in [9.17, 15) is 14.7 Å². The third-order valence-electron chi connectivity index (χ3n) is 13.1. The number of phenols is 5. The van der Waals surface area contributed by atoms with Crippen LogP contribution in [0.1, 0.15) is 44.6 Å². The van der Waals surface area contributed by atoms with Crippen LogP contribution in [0.2, 0.25) is 25.4 Å². The molecule has 40 heteroatoms. The topological polar surface area (TPSA) is 448 Å². The SMILES string of the molecule is CCOC(=S)[S-].CNC(=O)c1cc(Oc2ccc3nc(NCc4ccccc4Cl)oc3c2)ccn1.NC(=O)c1cc(Cl)ccn1.NCc1ccccc1Cl.Nc1ccc(O)cc1O.O=S(Cl)Cl.Oc1ccc2[nH]c(=S)oc2c1.Oc1ccc2nc(Cl)oc2c1.Oc1ccc2nc(NCc3ccccc3Cl)oc2c1.[K+].[K+].[OH-]. The molecule has 6 aromatic heterocycles. The summed E-state index contributed by atoms with van der Waals surface area (Å²) in [6, 6.07) is 53.4. The second kappa shape index (κ2) is 51.5. The van der Waals surface area contributed by atoms with Gasteiger partial charge in [-0.05, 0) is 144 Å². The van der Waals surface area contributed by atoms with Crippen molar-refractivity contribution in [3.05, 3.63) is 259 Å². The number of pyridine rings is 2. The molecular formula is C71H63Cl7K2N12O15S4. The molecule has 6 heterocycles. The minimum Gasteiger partial charge on any atom is -0.870 e. The van der Waals surface area contributed by atoms with E-state index in [4.69, 9.17) is 134 Å². The minimum absolute atomic E-state index is 0. The number of aromatic hydroxyl groups is 5. The summed E-state index contributed by atoms with van der Waals surface area (Å²) in [7, 11) is 8.91. The summed E-state index contributed by atoms with van der Waals surface area (Å²) < 4.78 is 41.0. The molecule has 0 unspecified atom stereocenters. The number of oxazole rings is 4. The Morgan fingerprint density at radius 3 is 1.50 bits per heavy atom. The van der Waals surface area contributed by atoms with Gasteiger partial charge in [0.25, 0.3) is 34.0 Å². The van der Waals surface area contributed by atoms with E-state index in [1.54, 1.807) is 73.8 Å². The fraction of sp³-hybridized carbons (Fsp3) is 0.0845. The molecule has 16 N–H and O–H groups in total. The van der Waals surface area contributed by atoms with E-state index in [0.717, 1.165) is 27.2 Å². The van der Waals surface area contributed by atoms with Crippen LogP contribution in [0, 0.1) is 4.84 Å². The maximum absolute atomic E-state index is 11.7. The van der Waals surface area contributed by atoms with Crippen molar-refractivity contribution in [3.63, 3.8) is 0 Å². The number of rotatable bonds is 12. The van der Waals surface area contributed by atoms with Crippen molar-refractivity contribution >= 4 is 204 Å². The van der Waals surface area contributed by atoms with Gasteiger partial charge in [0, 0.05) is 121 Å². The van der Waals surface area contributed by atoms with E-state index in [1.807, 2.05) is 79.7 Å². The van der Waals surface area contributed by atoms with Crippen molar-refractivity contribution in [2.45, 2.75) is 26.6 Å². The molecule has 2 amide bonds. The van der Waals surface area contributed by atoms with Crippen molar-refractivity contribution in [1.29, 1.82) is 0 Å². The maximum atomic E-state index is 11.7. The smallest absolute Gasteiger partial charge is 0.870 e. The average Bonchev–Trinajstić information content (AvgIpc) is 1.70. The molecule has 0 saturated carbocycles. The molecule has 14 rings (SSSR count). The molecule has 0 aliphatic heterocycles. The number of primary amides is 1. The molecule has 0 aliphatic carbocycles. The number of benzene rings is 8. The van der Waals surface area contributed by atoms with Crippen LogP contribution in [-0.4, -0.2) is 95.0 Å². The molecule has 14 aromatic rings. The summed E-state index contributed by atoms with van der Waals surface area (Å²) in [5, 5.41) is 56.3. The predicted octanol–water partition coefficient (Wildman–Crippen LogP) is 11.9. The zero-order chi connectivity index (χ0) is 78.8. The van der Waals surface area contributed by atoms with Gasteiger partial charge < -0.3 is 121 Å². The summed E-state index contributed by atoms with van der Waals surface area (Å²) in [5.41, 5.74) is 24.2. The molecule has 0 spiro atoms. The van der Waals surface area contributed by atoms with E-state index >= 15 is 0 Å². The first-order chi connectivity index (χ1) is 51.6. The maximum Gasteiger partial charge on any atom is 1.00 e. The zero-order valence-electron chi connectivity index (χ0n) is 58.5. The molecule has 27 nitrogen and oxygen atoms in total. The van der Waals surface area contributed by atoms with E-state index < -0.39 is 15.1 Å². The van der Waals surface area contributed by atoms with Gasteiger partial charge >= 0.3 is 103 Å². The Hall–Kier alpha value is -7.22. The monoisotopic (exact) mass is 1770 g/mol. The summed E-state index contributed by atoms with van der Waals surface area (Å²) in [6.07, 6.45) is 2.95. The number of halogens is 7. The Morgan fingerprint density at radius 2 is 1.04 bits per heavy atom. The number of hydrogen-bond donors (Lipinski definition) is 12. The largest absolute Gasteiger partial charge is 1.00 e. The molecule has 111 heavy (non-hydrogen) atoms. The first kappa shape index (κ1) is 98.0. The number of aromatic amines is 1. The van der Waals surface area contributed by atoms with Gasteiger partial charge in [0.1, 0.15) is 68.2 Å². The summed E-state index contributed by atoms with van der Waals surface area (Å²) >= 11 is 42.5. The normalized spacial score (nSPS) is 9.83. The fourth-order valence-corrected chi connectivity index (χ4v) is 9.58. The van der Waals surface area contributed by atoms with Gasteiger partial charge in [-0.1, -0.05) is 101 Å². The zero-order valence-corrected chi connectivity index (χ0v) is 73.3. The van der Waals surface area contributed by atoms with Gasteiger partial charge in [-0.3, -0.25) is 19.6 Å². The number of aromatic nitrogens is 6. The molecule has 0 saturated heterocycles. The number of nitrogens with zero attached hydrogens (tertiary/aromatic N) is 5. The molecular weight excluding hydrogens is 1720 g/mol. The first-order valence-electron chi connectivity index (χ1n) is 30.7. The Bertz CT molecular complexity index is 5380. The average molecular weight is 1780 g/mol. The third-order valence-corrected chi connectivity index (χ3v) is 15.0. The number of phenolic OH excluding ortho intramolecular Hbond substituents is 5. The number of fused-ring (bicyclic) bond motifs is 4. The van der Waals surface area contributed by atoms with Crippen molar-refractivity contribution in [2.75, 3.05) is 30.0 Å². The fourth-order valence-electron chi connectivity index (χ4n) is 8.19. The number of carbonyl (C=O) groups is 2. The van der Waals surface area contributed by atoms with Crippen molar-refractivity contribution in [3.8, 4) is 40.2 Å². The van der Waals surface area contributed by atoms with Crippen LogP contribution >= 0.6 is 104 Å². The van der Waals surface area contributed by atoms with Crippen LogP contribution in [0.25, 0.3) is 44.4 Å². The number of carbonyl (C=O) groups excluding carboxylic acids is 2. The standard InChI is InChI=1S/C21H17ClN4O3.C14H11ClN2O2.C7H4ClNO2.C7H8ClN.C7H5NO2S.C6H5ClN2O.C6H7NO2.C3H6OS2.Cl2OS.2K.H2O/c1-23-20(27)18-10-15(8-9-24-18)28-14-6-7-17-19(11-14)29-21(26-17)25-12-13-4-2-3-5-16(13)22;15-11-4-2-1-3-9(11)8-16-14-17-12-6-5-10(18)7-13(12)19-14;8-7-9-5-2-1-4(10)3-6(5)11-7;8-7-4-2-1-3-6(7)5-9;9-4-1-2-5-6(3-4)10-7(11)8-5;7-4-1-2-9-5(3-4)6(8)10;7-5-2-1-4(8)3-6(5)9;1-2-4-3(5)6;1-4(2)3;;;/h2-11H,12H2,1H3,(H,23,27)(H,25,26);1-7,18H,8H2,(H,16,17);1-3,10H;1-4H,5,9H2;1-3,9H,(H,8,11);1-3H,(H2,8,10);1-3,8-9H,7H2;2H2,1H3,(H,5,6);;;;1H2/q;;;;;;;;;2*+1;/p-2. The Kier molecular flexibility index (Phi) is 45.5. The van der Waals surface area contributed by atoms with Crippen LogP contribution in [0.4, 0.5) is 17.7 Å². The second-order valence-corrected chi connectivity index (χ2v) is 26.6. The predicted molar refractivity (Wildman–Crippen MR) is 433 cm³/mol. The van der Waals surface area contributed by atoms with Gasteiger partial charge in [-0.2, -0.15) is 15.0 Å². The number of ether oxygens (including phenoxy) is 2. The van der Waals surface area contributed by atoms with Crippen molar-refractivity contribution in [2.24, 2.45) is 11.5 Å². The molecule has 0 fully saturated rings. The van der Waals surface area contributed by atoms with Gasteiger partial charge in [-0.15, -0.1) is 0 Å².